The number of carbonyl (C=O) groups is 5. The second-order valence-corrected chi connectivity index (χ2v) is 16.5. The minimum atomic E-state index is -1.82. The van der Waals surface area contributed by atoms with Crippen LogP contribution >= 0.6 is 0 Å². The first-order valence-corrected chi connectivity index (χ1v) is 20.4. The topological polar surface area (TPSA) is 175 Å². The van der Waals surface area contributed by atoms with E-state index in [4.69, 9.17) is 23.5 Å². The number of para-hydroxylation sites is 1. The average Bonchev–Trinajstić information content (AvgIpc) is 3.60. The number of rotatable bonds is 14. The average molecular weight is 828 g/mol. The number of ether oxygens (including phenoxy) is 3. The van der Waals surface area contributed by atoms with Crippen LogP contribution in [0.3, 0.4) is 0 Å². The van der Waals surface area contributed by atoms with Gasteiger partial charge in [0.2, 0.25) is 5.91 Å². The van der Waals surface area contributed by atoms with E-state index in [-0.39, 0.29) is 73.8 Å². The second-order valence-electron chi connectivity index (χ2n) is 16.5. The number of halogens is 1. The first kappa shape index (κ1) is 42.6. The van der Waals surface area contributed by atoms with Crippen molar-refractivity contribution in [1.29, 1.82) is 0 Å². The third-order valence-corrected chi connectivity index (χ3v) is 12.6. The SMILES string of the molecule is CCOC(=O)c1cccc(CC(NC(=O)C(NC(=O)N2CCN(CC)C(=O)C2=O)c2ncc(OCc3ccccc3)cc2F)B2O[C@@H]3[C@@H]4C[C@H](C[C@]3(C)O2)C4(C)C)c1OC. The molecule has 2 unspecified atom stereocenters. The van der Waals surface area contributed by atoms with Crippen LogP contribution in [0.5, 0.6) is 11.5 Å². The van der Waals surface area contributed by atoms with Gasteiger partial charge in [-0.25, -0.2) is 14.0 Å². The summed E-state index contributed by atoms with van der Waals surface area (Å²) in [6.45, 7) is 10.3. The zero-order chi connectivity index (χ0) is 42.9. The highest BCUT2D eigenvalue weighted by Gasteiger charge is 2.67. The van der Waals surface area contributed by atoms with Crippen LogP contribution in [0.2, 0.25) is 0 Å². The van der Waals surface area contributed by atoms with Crippen molar-refractivity contribution in [3.8, 4) is 11.5 Å². The molecule has 3 aliphatic carbocycles. The molecule has 3 heterocycles. The lowest BCUT2D eigenvalue weighted by atomic mass is 9.45. The van der Waals surface area contributed by atoms with Crippen LogP contribution in [-0.2, 0) is 41.5 Å². The molecule has 5 amide bonds. The van der Waals surface area contributed by atoms with Crippen molar-refractivity contribution >= 4 is 36.8 Å². The normalized spacial score (nSPS) is 23.9. The van der Waals surface area contributed by atoms with E-state index in [0.29, 0.717) is 16.4 Å². The van der Waals surface area contributed by atoms with Crippen LogP contribution in [0, 0.1) is 23.1 Å². The number of piperazine rings is 1. The van der Waals surface area contributed by atoms with Gasteiger partial charge in [-0.2, -0.15) is 0 Å². The zero-order valence-corrected chi connectivity index (χ0v) is 34.7. The lowest BCUT2D eigenvalue weighted by molar-refractivity contribution is -0.185. The van der Waals surface area contributed by atoms with E-state index in [2.05, 4.69) is 29.5 Å². The lowest BCUT2D eigenvalue weighted by Crippen LogP contribution is -2.63. The van der Waals surface area contributed by atoms with Gasteiger partial charge in [0.25, 0.3) is 0 Å². The first-order chi connectivity index (χ1) is 28.7. The zero-order valence-electron chi connectivity index (χ0n) is 34.7. The Kier molecular flexibility index (Phi) is 12.2. The van der Waals surface area contributed by atoms with Crippen molar-refractivity contribution in [1.82, 2.24) is 25.4 Å². The monoisotopic (exact) mass is 827 g/mol. The van der Waals surface area contributed by atoms with Crippen molar-refractivity contribution in [3.05, 3.63) is 89.0 Å². The molecule has 1 aromatic heterocycles. The molecule has 8 rings (SSSR count). The fraction of sp³-hybridized carbons (Fsp3) is 0.488. The third kappa shape index (κ3) is 8.16. The number of carbonyl (C=O) groups excluding carboxylic acids is 5. The highest BCUT2D eigenvalue weighted by molar-refractivity contribution is 6.48. The van der Waals surface area contributed by atoms with Crippen LogP contribution in [-0.4, -0.2) is 103 Å². The Bertz CT molecular complexity index is 2140. The fourth-order valence-electron chi connectivity index (χ4n) is 9.08. The molecule has 15 nitrogen and oxygen atoms in total. The number of nitrogens with zero attached hydrogens (tertiary/aromatic N) is 3. The van der Waals surface area contributed by atoms with Crippen LogP contribution in [0.25, 0.3) is 0 Å². The number of amides is 5. The number of methoxy groups -OCH3 is 1. The van der Waals surface area contributed by atoms with E-state index in [1.165, 1.54) is 18.2 Å². The molecular formula is C43H51BFN5O10. The Morgan fingerprint density at radius 3 is 2.48 bits per heavy atom. The summed E-state index contributed by atoms with van der Waals surface area (Å²) in [4.78, 5) is 73.6. The molecule has 5 fully saturated rings. The molecule has 2 saturated heterocycles. The number of likely N-dealkylation sites (N-methyl/N-ethyl adjacent to an activating group) is 1. The Labute approximate surface area is 348 Å². The lowest BCUT2D eigenvalue weighted by Gasteiger charge is -2.63. The number of hydrogen-bond acceptors (Lipinski definition) is 11. The molecule has 2 bridgehead atoms. The Morgan fingerprint density at radius 1 is 1.03 bits per heavy atom. The van der Waals surface area contributed by atoms with Gasteiger partial charge in [-0.3, -0.25) is 24.3 Å². The molecule has 60 heavy (non-hydrogen) atoms. The number of urea groups is 1. The molecule has 3 aromatic rings. The van der Waals surface area contributed by atoms with Crippen molar-refractivity contribution < 1.29 is 51.9 Å². The van der Waals surface area contributed by atoms with Crippen LogP contribution < -0.4 is 20.1 Å². The summed E-state index contributed by atoms with van der Waals surface area (Å²) < 4.78 is 46.5. The number of nitrogens with one attached hydrogen (secondary N) is 2. The van der Waals surface area contributed by atoms with Crippen molar-refractivity contribution in [2.24, 2.45) is 17.3 Å². The van der Waals surface area contributed by atoms with E-state index in [9.17, 15) is 24.0 Å². The summed E-state index contributed by atoms with van der Waals surface area (Å²) in [5, 5.41) is 5.43. The van der Waals surface area contributed by atoms with E-state index in [1.807, 2.05) is 37.3 Å². The predicted octanol–water partition coefficient (Wildman–Crippen LogP) is 4.42. The second kappa shape index (κ2) is 17.2. The van der Waals surface area contributed by atoms with Gasteiger partial charge < -0.3 is 39.1 Å². The largest absolute Gasteiger partial charge is 0.496 e. The summed E-state index contributed by atoms with van der Waals surface area (Å²) in [7, 11) is 0.390. The summed E-state index contributed by atoms with van der Waals surface area (Å²) in [6.07, 6.45) is 2.66. The van der Waals surface area contributed by atoms with Crippen LogP contribution in [0.1, 0.15) is 80.7 Å². The quantitative estimate of drug-likeness (QED) is 0.134. The number of pyridine rings is 1. The number of esters is 1. The van der Waals surface area contributed by atoms with E-state index in [0.717, 1.165) is 24.5 Å². The molecule has 6 atom stereocenters. The Morgan fingerprint density at radius 2 is 1.80 bits per heavy atom. The van der Waals surface area contributed by atoms with Gasteiger partial charge in [0.15, 0.2) is 11.9 Å². The van der Waals surface area contributed by atoms with Gasteiger partial charge in [0.1, 0.15) is 29.4 Å². The van der Waals surface area contributed by atoms with Crippen LogP contribution in [0.4, 0.5) is 9.18 Å². The van der Waals surface area contributed by atoms with Gasteiger partial charge >= 0.3 is 30.9 Å². The number of hydrogen-bond donors (Lipinski definition) is 2. The molecule has 5 aliphatic rings. The maximum Gasteiger partial charge on any atom is 0.482 e. The molecule has 0 spiro atoms. The number of benzene rings is 2. The molecule has 17 heteroatoms. The van der Waals surface area contributed by atoms with Gasteiger partial charge in [-0.15, -0.1) is 0 Å². The minimum absolute atomic E-state index is 0.00190. The molecule has 3 saturated carbocycles. The number of aromatic nitrogens is 1. The predicted molar refractivity (Wildman–Crippen MR) is 215 cm³/mol. The Balaban J connectivity index is 1.22. The molecule has 2 aliphatic heterocycles. The van der Waals surface area contributed by atoms with E-state index < -0.39 is 65.9 Å². The highest BCUT2D eigenvalue weighted by Crippen LogP contribution is 2.64. The summed E-state index contributed by atoms with van der Waals surface area (Å²) >= 11 is 0. The van der Waals surface area contributed by atoms with E-state index >= 15 is 4.39 Å². The van der Waals surface area contributed by atoms with Crippen molar-refractivity contribution in [2.75, 3.05) is 33.4 Å². The molecule has 2 N–H and O–H groups in total. The standard InChI is InChI=1S/C43H51BFN5O10/c1-7-49-17-18-50(39(53)38(49)52)41(55)48-34(33-31(45)21-28(23-46-33)58-24-25-13-10-9-11-14-25)37(51)47-32(19-26-15-12-16-29(35(26)56-6)40(54)57-8-2)44-59-36-30-20-27(42(30,3)4)22-43(36,5)60-44/h9-16,21,23,27,30,32,34,36H,7-8,17-20,22,24H2,1-6H3,(H,47,51)(H,48,55)/t27-,30+,32?,34?,36-,43+/m1/s1. The van der Waals surface area contributed by atoms with Crippen LogP contribution in [0.15, 0.2) is 60.8 Å². The smallest absolute Gasteiger partial charge is 0.482 e. The number of imide groups is 1. The Hall–Kier alpha value is -5.55. The van der Waals surface area contributed by atoms with Crippen molar-refractivity contribution in [2.45, 2.75) is 84.2 Å². The van der Waals surface area contributed by atoms with E-state index in [1.54, 1.807) is 32.0 Å². The highest BCUT2D eigenvalue weighted by atomic mass is 19.1. The summed E-state index contributed by atoms with van der Waals surface area (Å²) in [6, 6.07) is 12.3. The molecule has 2 aromatic carbocycles. The summed E-state index contributed by atoms with van der Waals surface area (Å²) in [5.41, 5.74) is 0.388. The van der Waals surface area contributed by atoms with Gasteiger partial charge in [-0.1, -0.05) is 56.3 Å². The van der Waals surface area contributed by atoms with Crippen molar-refractivity contribution in [3.63, 3.8) is 0 Å². The maximum absolute atomic E-state index is 16.2. The molecular weight excluding hydrogens is 776 g/mol. The van der Waals surface area contributed by atoms with Gasteiger partial charge in [-0.05, 0) is 74.5 Å². The first-order valence-electron chi connectivity index (χ1n) is 20.4. The summed E-state index contributed by atoms with van der Waals surface area (Å²) in [5.74, 6) is -4.55. The minimum Gasteiger partial charge on any atom is -0.496 e. The fourth-order valence-corrected chi connectivity index (χ4v) is 9.08. The van der Waals surface area contributed by atoms with Gasteiger partial charge in [0.05, 0.1) is 37.6 Å². The molecule has 318 valence electrons. The third-order valence-electron chi connectivity index (χ3n) is 12.6. The van der Waals surface area contributed by atoms with Gasteiger partial charge in [0, 0.05) is 25.7 Å². The maximum atomic E-state index is 16.2. The molecule has 0 radical (unpaired) electrons.